The van der Waals surface area contributed by atoms with Crippen molar-refractivity contribution < 1.29 is 0 Å². The van der Waals surface area contributed by atoms with Gasteiger partial charge in [-0.1, -0.05) is 96.3 Å². The third-order valence-electron chi connectivity index (χ3n) is 7.58. The average molecular weight is 285 g/mol. The Labute approximate surface area is 132 Å². The van der Waals surface area contributed by atoms with Gasteiger partial charge in [-0.25, -0.2) is 0 Å². The van der Waals surface area contributed by atoms with E-state index in [1.807, 2.05) is 0 Å². The van der Waals surface area contributed by atoms with E-state index in [1.165, 1.54) is 96.3 Å². The van der Waals surface area contributed by atoms with Crippen LogP contribution < -0.4 is 0 Å². The zero-order valence-corrected chi connectivity index (χ0v) is 14.0. The minimum Gasteiger partial charge on any atom is -0.317 e. The fourth-order valence-corrected chi connectivity index (χ4v) is 6.62. The lowest BCUT2D eigenvalue weighted by Crippen LogP contribution is -2.50. The molecule has 0 spiro atoms. The summed E-state index contributed by atoms with van der Waals surface area (Å²) in [5.41, 5.74) is 0. The second kappa shape index (κ2) is 7.26. The molecule has 0 N–H and O–H groups in total. The maximum absolute atomic E-state index is 6.38. The Morgan fingerprint density at radius 3 is 1.05 bits per heavy atom. The summed E-state index contributed by atoms with van der Waals surface area (Å²) in [6.45, 7) is 0. The van der Waals surface area contributed by atoms with Gasteiger partial charge in [0, 0.05) is 0 Å². The molecule has 3 rings (SSSR count). The Morgan fingerprint density at radius 2 is 0.810 bits per heavy atom. The predicted octanol–water partition coefficient (Wildman–Crippen LogP) is 6.61. The predicted molar refractivity (Wildman–Crippen MR) is 95.1 cm³/mol. The Bertz CT molecular complexity index is 303. The fourth-order valence-electron chi connectivity index (χ4n) is 6.62. The number of hydrogen-bond acceptors (Lipinski definition) is 0. The smallest absolute Gasteiger partial charge is 0.0793 e. The molecule has 0 aliphatic heterocycles. The summed E-state index contributed by atoms with van der Waals surface area (Å²) in [5, 5.41) is 0. The molecule has 0 aromatic carbocycles. The van der Waals surface area contributed by atoms with Gasteiger partial charge in [-0.05, 0) is 0 Å². The van der Waals surface area contributed by atoms with Gasteiger partial charge in [-0.2, -0.15) is 23.9 Å². The van der Waals surface area contributed by atoms with Gasteiger partial charge in [0.25, 0.3) is 0 Å². The van der Waals surface area contributed by atoms with E-state index >= 15 is 0 Å². The summed E-state index contributed by atoms with van der Waals surface area (Å²) in [5.74, 6) is 6.32. The molecule has 118 valence electrons. The Morgan fingerprint density at radius 1 is 0.524 bits per heavy atom. The van der Waals surface area contributed by atoms with Gasteiger partial charge in [-0.3, -0.25) is 0 Å². The van der Waals surface area contributed by atoms with Crippen LogP contribution in [-0.4, -0.2) is 6.15 Å². The lowest BCUT2D eigenvalue weighted by Gasteiger charge is -2.57. The number of hydrogen-bond donors (Lipinski definition) is 0. The molecule has 0 aromatic heterocycles. The molecule has 0 radical (unpaired) electrons. The quantitative estimate of drug-likeness (QED) is 0.404. The van der Waals surface area contributed by atoms with Gasteiger partial charge >= 0.3 is 0 Å². The van der Waals surface area contributed by atoms with E-state index in [0.717, 1.165) is 17.5 Å². The maximum Gasteiger partial charge on any atom is 0.0793 e. The summed E-state index contributed by atoms with van der Waals surface area (Å²) < 4.78 is 0. The molecule has 0 bridgehead atoms. The molecule has 3 aliphatic carbocycles. The first-order valence-electron chi connectivity index (χ1n) is 10.0. The van der Waals surface area contributed by atoms with E-state index in [-0.39, 0.29) is 0 Å². The number of rotatable bonds is 3. The minimum absolute atomic E-state index is 0.539. The van der Waals surface area contributed by atoms with Crippen LogP contribution in [0.1, 0.15) is 96.3 Å². The first-order chi connectivity index (χ1) is 10.4. The summed E-state index contributed by atoms with van der Waals surface area (Å²) in [4.78, 5) is 0. The van der Waals surface area contributed by atoms with E-state index < -0.39 is 6.15 Å². The highest BCUT2D eigenvalue weighted by atomic mass is 14.3. The SMILES string of the molecule is C#C[B-](C1CCCCC1)(C1CCCCC1)C1CCCCC1. The molecule has 1 heteroatoms. The van der Waals surface area contributed by atoms with Crippen LogP contribution in [-0.2, 0) is 0 Å². The van der Waals surface area contributed by atoms with Crippen molar-refractivity contribution in [3.05, 3.63) is 0 Å². The third kappa shape index (κ3) is 3.06. The Hall–Kier alpha value is -0.375. The van der Waals surface area contributed by atoms with Gasteiger partial charge < -0.3 is 5.82 Å². The molecule has 0 nitrogen and oxygen atoms in total. The standard InChI is InChI=1S/C20H34B/c1-2-21(18-12-6-3-7-13-18,19-14-8-4-9-15-19)20-16-10-5-11-17-20/h1,18-20H,3-17H2/q-1. The van der Waals surface area contributed by atoms with E-state index in [2.05, 4.69) is 5.82 Å². The molecule has 0 heterocycles. The third-order valence-corrected chi connectivity index (χ3v) is 7.58. The lowest BCUT2D eigenvalue weighted by molar-refractivity contribution is 0.421. The van der Waals surface area contributed by atoms with Crippen LogP contribution in [0.15, 0.2) is 0 Å². The van der Waals surface area contributed by atoms with Crippen LogP contribution in [0.3, 0.4) is 0 Å². The van der Waals surface area contributed by atoms with Gasteiger partial charge in [-0.15, -0.1) is 0 Å². The zero-order chi connectivity index (χ0) is 14.5. The second-order valence-electron chi connectivity index (χ2n) is 8.44. The maximum atomic E-state index is 6.38. The Kier molecular flexibility index (Phi) is 5.36. The normalized spacial score (nSPS) is 27.4. The van der Waals surface area contributed by atoms with Gasteiger partial charge in [0.1, 0.15) is 0 Å². The minimum atomic E-state index is -0.539. The molecule has 3 fully saturated rings. The van der Waals surface area contributed by atoms with Crippen molar-refractivity contribution in [1.29, 1.82) is 0 Å². The van der Waals surface area contributed by atoms with Gasteiger partial charge in [0.2, 0.25) is 0 Å². The average Bonchev–Trinajstić information content (AvgIpc) is 2.59. The Balaban J connectivity index is 1.88. The van der Waals surface area contributed by atoms with Crippen LogP contribution in [0.2, 0.25) is 17.5 Å². The molecular weight excluding hydrogens is 251 g/mol. The summed E-state index contributed by atoms with van der Waals surface area (Å²) >= 11 is 0. The molecule has 0 saturated heterocycles. The van der Waals surface area contributed by atoms with E-state index in [9.17, 15) is 0 Å². The summed E-state index contributed by atoms with van der Waals surface area (Å²) in [6.07, 6.45) is 27.7. The first kappa shape index (κ1) is 15.5. The monoisotopic (exact) mass is 285 g/mol. The highest BCUT2D eigenvalue weighted by Crippen LogP contribution is 2.56. The highest BCUT2D eigenvalue weighted by Gasteiger charge is 2.44. The van der Waals surface area contributed by atoms with Crippen molar-refractivity contribution in [2.45, 2.75) is 114 Å². The van der Waals surface area contributed by atoms with E-state index in [0.29, 0.717) is 0 Å². The largest absolute Gasteiger partial charge is 0.317 e. The number of terminal acetylenes is 1. The fraction of sp³-hybridized carbons (Fsp3) is 0.900. The molecule has 3 aliphatic rings. The molecule has 21 heavy (non-hydrogen) atoms. The summed E-state index contributed by atoms with van der Waals surface area (Å²) in [6, 6.07) is 0. The zero-order valence-electron chi connectivity index (χ0n) is 14.0. The van der Waals surface area contributed by atoms with Crippen LogP contribution >= 0.6 is 0 Å². The highest BCUT2D eigenvalue weighted by molar-refractivity contribution is 6.91. The van der Waals surface area contributed by atoms with Gasteiger partial charge in [0.05, 0.1) is 6.15 Å². The van der Waals surface area contributed by atoms with Crippen LogP contribution in [0, 0.1) is 12.2 Å². The molecule has 0 amide bonds. The van der Waals surface area contributed by atoms with Crippen molar-refractivity contribution >= 4 is 6.15 Å². The molecule has 0 unspecified atom stereocenters. The van der Waals surface area contributed by atoms with Crippen LogP contribution in [0.4, 0.5) is 0 Å². The summed E-state index contributed by atoms with van der Waals surface area (Å²) in [7, 11) is 0. The van der Waals surface area contributed by atoms with Crippen molar-refractivity contribution in [1.82, 2.24) is 0 Å². The lowest BCUT2D eigenvalue weighted by atomic mass is 9.06. The van der Waals surface area contributed by atoms with Gasteiger partial charge in [0.15, 0.2) is 0 Å². The van der Waals surface area contributed by atoms with Crippen molar-refractivity contribution in [3.8, 4) is 12.2 Å². The van der Waals surface area contributed by atoms with Crippen molar-refractivity contribution in [3.63, 3.8) is 0 Å². The van der Waals surface area contributed by atoms with Crippen molar-refractivity contribution in [2.24, 2.45) is 0 Å². The molecular formula is C20H34B-. The molecule has 0 atom stereocenters. The topological polar surface area (TPSA) is 0 Å². The van der Waals surface area contributed by atoms with Crippen LogP contribution in [0.5, 0.6) is 0 Å². The molecule has 3 saturated carbocycles. The first-order valence-corrected chi connectivity index (χ1v) is 10.0. The van der Waals surface area contributed by atoms with E-state index in [4.69, 9.17) is 6.42 Å². The van der Waals surface area contributed by atoms with Crippen LogP contribution in [0.25, 0.3) is 0 Å². The molecule has 0 aromatic rings. The second-order valence-corrected chi connectivity index (χ2v) is 8.44. The van der Waals surface area contributed by atoms with Crippen molar-refractivity contribution in [2.75, 3.05) is 0 Å². The van der Waals surface area contributed by atoms with E-state index in [1.54, 1.807) is 0 Å².